The molecule has 174 valence electrons. The maximum Gasteiger partial charge on any atom is 0.265 e. The molecule has 33 heavy (non-hydrogen) atoms. The second-order valence-corrected chi connectivity index (χ2v) is 8.14. The minimum Gasteiger partial charge on any atom is -0.368 e. The predicted octanol–water partition coefficient (Wildman–Crippen LogP) is 0.654. The highest BCUT2D eigenvalue weighted by Gasteiger charge is 2.28. The van der Waals surface area contributed by atoms with Crippen LogP contribution in [0.4, 0.5) is 11.8 Å². The number of carbonyl (C=O) groups is 2. The zero-order valence-corrected chi connectivity index (χ0v) is 18.4. The minimum absolute atomic E-state index is 0.0210. The Morgan fingerprint density at radius 1 is 1.24 bits per heavy atom. The fraction of sp³-hybridized carbons (Fsp3) is 0.429. The molecule has 0 spiro atoms. The number of primary amides is 1. The fourth-order valence-electron chi connectivity index (χ4n) is 4.22. The van der Waals surface area contributed by atoms with Gasteiger partial charge in [0.1, 0.15) is 23.6 Å². The van der Waals surface area contributed by atoms with Gasteiger partial charge in [-0.2, -0.15) is 10.1 Å². The molecule has 3 aromatic heterocycles. The van der Waals surface area contributed by atoms with Crippen molar-refractivity contribution in [2.45, 2.75) is 44.8 Å². The Morgan fingerprint density at radius 3 is 2.61 bits per heavy atom. The first kappa shape index (κ1) is 22.4. The smallest absolute Gasteiger partial charge is 0.265 e. The molecular formula is C21H26N8O4. The summed E-state index contributed by atoms with van der Waals surface area (Å²) in [6.45, 7) is 1.62. The second-order valence-electron chi connectivity index (χ2n) is 8.14. The lowest BCUT2D eigenvalue weighted by molar-refractivity contribution is -0.125. The number of carbonyl (C=O) groups excluding carboxylic acids is 2. The molecule has 4 rings (SSSR count). The summed E-state index contributed by atoms with van der Waals surface area (Å²) in [4.78, 5) is 46.1. The molecule has 1 aliphatic rings. The van der Waals surface area contributed by atoms with Gasteiger partial charge < -0.3 is 21.5 Å². The lowest BCUT2D eigenvalue weighted by Crippen LogP contribution is -2.35. The molecule has 3 heterocycles. The Bertz CT molecular complexity index is 1270. The maximum atomic E-state index is 13.5. The van der Waals surface area contributed by atoms with Gasteiger partial charge in [-0.15, -0.1) is 0 Å². The van der Waals surface area contributed by atoms with Gasteiger partial charge in [0.15, 0.2) is 0 Å². The summed E-state index contributed by atoms with van der Waals surface area (Å²) < 4.78 is 8.58. The molecular weight excluding hydrogens is 428 g/mol. The van der Waals surface area contributed by atoms with E-state index in [1.165, 1.54) is 10.7 Å². The van der Waals surface area contributed by atoms with Crippen molar-refractivity contribution >= 4 is 34.6 Å². The van der Waals surface area contributed by atoms with Crippen LogP contribution in [0.3, 0.4) is 0 Å². The van der Waals surface area contributed by atoms with Crippen LogP contribution < -0.4 is 22.3 Å². The Morgan fingerprint density at radius 2 is 1.97 bits per heavy atom. The summed E-state index contributed by atoms with van der Waals surface area (Å²) in [5.41, 5.74) is 11.5. The van der Waals surface area contributed by atoms with E-state index in [1.807, 2.05) is 0 Å². The molecule has 1 aliphatic carbocycles. The average molecular weight is 454 g/mol. The first-order chi connectivity index (χ1) is 15.7. The van der Waals surface area contributed by atoms with Crippen LogP contribution >= 0.6 is 0 Å². The molecule has 0 radical (unpaired) electrons. The number of nitrogens with two attached hydrogens (primary N) is 2. The summed E-state index contributed by atoms with van der Waals surface area (Å²) >= 11 is 0. The van der Waals surface area contributed by atoms with E-state index in [2.05, 4.69) is 20.4 Å². The standard InChI is InChI=1S/C21H26N8O4/c1-11-14-9-15(19(31)26-17-7-8-24-28(17)2)20(32)29(18(14)27-21(23)25-11)12-3-5-13(6-4-12)33-10-16(22)30/h7-9,12-13H,3-6,10H2,1-2H3,(H2,22,30)(H,26,31)(H2,23,25,27). The SMILES string of the molecule is Cc1nc(N)nc2c1cc(C(=O)Nc1ccnn1C)c(=O)n2C1CCC(OCC(N)=O)CC1. The number of amides is 2. The quantitative estimate of drug-likeness (QED) is 0.487. The molecule has 0 aromatic carbocycles. The third kappa shape index (κ3) is 4.55. The molecule has 2 amide bonds. The normalized spacial score (nSPS) is 18.4. The summed E-state index contributed by atoms with van der Waals surface area (Å²) in [6, 6.07) is 2.93. The van der Waals surface area contributed by atoms with Crippen LogP contribution in [-0.4, -0.2) is 48.8 Å². The summed E-state index contributed by atoms with van der Waals surface area (Å²) in [7, 11) is 1.69. The molecule has 0 bridgehead atoms. The van der Waals surface area contributed by atoms with E-state index in [0.29, 0.717) is 48.2 Å². The van der Waals surface area contributed by atoms with Gasteiger partial charge in [0.2, 0.25) is 11.9 Å². The number of ether oxygens (including phenoxy) is 1. The highest BCUT2D eigenvalue weighted by molar-refractivity contribution is 6.05. The molecule has 0 saturated heterocycles. The van der Waals surface area contributed by atoms with E-state index in [-0.39, 0.29) is 30.3 Å². The fourth-order valence-corrected chi connectivity index (χ4v) is 4.22. The number of pyridine rings is 1. The third-order valence-electron chi connectivity index (χ3n) is 5.88. The van der Waals surface area contributed by atoms with Crippen molar-refractivity contribution in [3.05, 3.63) is 39.9 Å². The molecule has 0 unspecified atom stereocenters. The van der Waals surface area contributed by atoms with Crippen molar-refractivity contribution in [1.29, 1.82) is 0 Å². The number of aromatic nitrogens is 5. The van der Waals surface area contributed by atoms with E-state index in [1.54, 1.807) is 30.8 Å². The van der Waals surface area contributed by atoms with E-state index in [9.17, 15) is 14.4 Å². The minimum atomic E-state index is -0.547. The number of nitrogen functional groups attached to an aromatic ring is 1. The van der Waals surface area contributed by atoms with Gasteiger partial charge in [-0.05, 0) is 38.7 Å². The van der Waals surface area contributed by atoms with Crippen LogP contribution in [0.25, 0.3) is 11.0 Å². The summed E-state index contributed by atoms with van der Waals surface area (Å²) in [5.74, 6) is -0.551. The molecule has 12 heteroatoms. The van der Waals surface area contributed by atoms with E-state index in [0.717, 1.165) is 0 Å². The van der Waals surface area contributed by atoms with Crippen molar-refractivity contribution in [2.24, 2.45) is 12.8 Å². The number of rotatable bonds is 6. The number of aryl methyl sites for hydroxylation is 2. The monoisotopic (exact) mass is 454 g/mol. The molecule has 0 aliphatic heterocycles. The number of hydrogen-bond donors (Lipinski definition) is 3. The highest BCUT2D eigenvalue weighted by Crippen LogP contribution is 2.31. The van der Waals surface area contributed by atoms with Crippen LogP contribution in [0, 0.1) is 6.92 Å². The highest BCUT2D eigenvalue weighted by atomic mass is 16.5. The molecule has 5 N–H and O–H groups in total. The Balaban J connectivity index is 1.72. The van der Waals surface area contributed by atoms with E-state index < -0.39 is 17.4 Å². The van der Waals surface area contributed by atoms with E-state index in [4.69, 9.17) is 16.2 Å². The van der Waals surface area contributed by atoms with Crippen LogP contribution in [0.1, 0.15) is 47.8 Å². The van der Waals surface area contributed by atoms with Crippen LogP contribution in [0.2, 0.25) is 0 Å². The maximum absolute atomic E-state index is 13.5. The van der Waals surface area contributed by atoms with Gasteiger partial charge in [0, 0.05) is 24.5 Å². The second kappa shape index (κ2) is 8.98. The first-order valence-electron chi connectivity index (χ1n) is 10.6. The number of anilines is 2. The third-order valence-corrected chi connectivity index (χ3v) is 5.88. The first-order valence-corrected chi connectivity index (χ1v) is 10.6. The molecule has 3 aromatic rings. The van der Waals surface area contributed by atoms with Gasteiger partial charge in [-0.3, -0.25) is 23.6 Å². The van der Waals surface area contributed by atoms with Crippen LogP contribution in [-0.2, 0) is 16.6 Å². The topological polar surface area (TPSA) is 173 Å². The van der Waals surface area contributed by atoms with Crippen molar-refractivity contribution < 1.29 is 14.3 Å². The lowest BCUT2D eigenvalue weighted by Gasteiger charge is -2.30. The summed E-state index contributed by atoms with van der Waals surface area (Å²) in [5, 5.41) is 7.33. The lowest BCUT2D eigenvalue weighted by atomic mass is 9.92. The van der Waals surface area contributed by atoms with Crippen molar-refractivity contribution in [1.82, 2.24) is 24.3 Å². The number of nitrogens with zero attached hydrogens (tertiary/aromatic N) is 5. The van der Waals surface area contributed by atoms with Crippen LogP contribution in [0.5, 0.6) is 0 Å². The largest absolute Gasteiger partial charge is 0.368 e. The van der Waals surface area contributed by atoms with Gasteiger partial charge >= 0.3 is 0 Å². The zero-order valence-electron chi connectivity index (χ0n) is 18.4. The number of hydrogen-bond acceptors (Lipinski definition) is 8. The Kier molecular flexibility index (Phi) is 6.09. The van der Waals surface area contributed by atoms with Crippen molar-refractivity contribution in [3.8, 4) is 0 Å². The Labute approximate surface area is 188 Å². The predicted molar refractivity (Wildman–Crippen MR) is 121 cm³/mol. The average Bonchev–Trinajstić information content (AvgIpc) is 3.16. The van der Waals surface area contributed by atoms with Gasteiger partial charge in [0.05, 0.1) is 18.0 Å². The summed E-state index contributed by atoms with van der Waals surface area (Å²) in [6.07, 6.45) is 3.91. The molecule has 1 fully saturated rings. The molecule has 12 nitrogen and oxygen atoms in total. The van der Waals surface area contributed by atoms with Crippen molar-refractivity contribution in [2.75, 3.05) is 17.7 Å². The van der Waals surface area contributed by atoms with Gasteiger partial charge in [0.25, 0.3) is 11.5 Å². The van der Waals surface area contributed by atoms with Crippen LogP contribution in [0.15, 0.2) is 23.1 Å². The zero-order chi connectivity index (χ0) is 23.7. The molecule has 1 saturated carbocycles. The van der Waals surface area contributed by atoms with Gasteiger partial charge in [-0.1, -0.05) is 0 Å². The van der Waals surface area contributed by atoms with E-state index >= 15 is 0 Å². The van der Waals surface area contributed by atoms with Gasteiger partial charge in [-0.25, -0.2) is 4.98 Å². The van der Waals surface area contributed by atoms with Crippen molar-refractivity contribution in [3.63, 3.8) is 0 Å². The Hall–Kier alpha value is -3.80. The number of nitrogens with one attached hydrogen (secondary N) is 1. The molecule has 0 atom stereocenters. The number of fused-ring (bicyclic) bond motifs is 1.